The van der Waals surface area contributed by atoms with Gasteiger partial charge in [-0.1, -0.05) is 25.7 Å². The third-order valence-corrected chi connectivity index (χ3v) is 3.38. The van der Waals surface area contributed by atoms with Crippen LogP contribution in [0, 0.1) is 5.92 Å². The van der Waals surface area contributed by atoms with E-state index in [4.69, 9.17) is 0 Å². The first kappa shape index (κ1) is 11.2. The Morgan fingerprint density at radius 1 is 1.00 bits per heavy atom. The van der Waals surface area contributed by atoms with Crippen LogP contribution in [0.2, 0.25) is 0 Å². The predicted octanol–water partition coefficient (Wildman–Crippen LogP) is 3.55. The van der Waals surface area contributed by atoms with Crippen LogP contribution >= 0.6 is 0 Å². The van der Waals surface area contributed by atoms with Crippen molar-refractivity contribution in [3.63, 3.8) is 0 Å². The first-order valence-electron chi connectivity index (χ1n) is 6.10. The molecule has 0 aromatic heterocycles. The van der Waals surface area contributed by atoms with Gasteiger partial charge in [0.1, 0.15) is 5.75 Å². The van der Waals surface area contributed by atoms with Crippen molar-refractivity contribution in [1.82, 2.24) is 0 Å². The topological polar surface area (TPSA) is 37.3 Å². The molecule has 0 unspecified atom stereocenters. The second-order valence-electron chi connectivity index (χ2n) is 4.60. The molecule has 2 nitrogen and oxygen atoms in total. The van der Waals surface area contributed by atoms with Gasteiger partial charge in [-0.25, -0.2) is 0 Å². The molecular weight excluding hydrogens is 200 g/mol. The van der Waals surface area contributed by atoms with Crippen LogP contribution in [-0.4, -0.2) is 10.9 Å². The quantitative estimate of drug-likeness (QED) is 0.609. The smallest absolute Gasteiger partial charge is 0.165 e. The summed E-state index contributed by atoms with van der Waals surface area (Å²) in [6.45, 7) is 0. The minimum atomic E-state index is 0.201. The van der Waals surface area contributed by atoms with Gasteiger partial charge in [-0.05, 0) is 37.1 Å². The lowest BCUT2D eigenvalue weighted by molar-refractivity contribution is 0.0908. The fourth-order valence-corrected chi connectivity index (χ4v) is 2.40. The highest BCUT2D eigenvalue weighted by Crippen LogP contribution is 2.26. The molecule has 1 N–H and O–H groups in total. The molecule has 16 heavy (non-hydrogen) atoms. The second kappa shape index (κ2) is 5.15. The normalized spacial score (nSPS) is 18.0. The van der Waals surface area contributed by atoms with E-state index in [0.29, 0.717) is 0 Å². The molecule has 1 saturated carbocycles. The Morgan fingerprint density at radius 3 is 2.12 bits per heavy atom. The largest absolute Gasteiger partial charge is 0.508 e. The van der Waals surface area contributed by atoms with Crippen molar-refractivity contribution in [2.75, 3.05) is 0 Å². The summed E-state index contributed by atoms with van der Waals surface area (Å²) in [6, 6.07) is 6.62. The van der Waals surface area contributed by atoms with E-state index < -0.39 is 0 Å². The van der Waals surface area contributed by atoms with E-state index in [2.05, 4.69) is 0 Å². The summed E-state index contributed by atoms with van der Waals surface area (Å²) in [5.74, 6) is 0.673. The average molecular weight is 218 g/mol. The number of aromatic hydroxyl groups is 1. The van der Waals surface area contributed by atoms with Gasteiger partial charge in [0.05, 0.1) is 0 Å². The van der Waals surface area contributed by atoms with Crippen molar-refractivity contribution in [1.29, 1.82) is 0 Å². The summed E-state index contributed by atoms with van der Waals surface area (Å²) in [5.41, 5.74) is 0.740. The molecule has 1 aliphatic rings. The number of phenolic OH excluding ortho intramolecular Hbond substituents is 1. The van der Waals surface area contributed by atoms with Crippen LogP contribution in [0.15, 0.2) is 24.3 Å². The van der Waals surface area contributed by atoms with Gasteiger partial charge in [0.15, 0.2) is 5.78 Å². The Balaban J connectivity index is 2.08. The third kappa shape index (κ3) is 2.63. The molecule has 0 saturated heterocycles. The van der Waals surface area contributed by atoms with E-state index in [-0.39, 0.29) is 17.5 Å². The fraction of sp³-hybridized carbons (Fsp3) is 0.500. The van der Waals surface area contributed by atoms with Gasteiger partial charge in [-0.2, -0.15) is 0 Å². The zero-order chi connectivity index (χ0) is 11.4. The van der Waals surface area contributed by atoms with Gasteiger partial charge in [-0.3, -0.25) is 4.79 Å². The number of ketones is 1. The van der Waals surface area contributed by atoms with Crippen LogP contribution in [-0.2, 0) is 0 Å². The average Bonchev–Trinajstić information content (AvgIpc) is 2.57. The third-order valence-electron chi connectivity index (χ3n) is 3.38. The van der Waals surface area contributed by atoms with Gasteiger partial charge in [0, 0.05) is 11.5 Å². The number of carbonyl (C=O) groups is 1. The van der Waals surface area contributed by atoms with Crippen molar-refractivity contribution in [2.24, 2.45) is 5.92 Å². The number of rotatable bonds is 2. The molecule has 1 aromatic rings. The molecule has 0 bridgehead atoms. The molecule has 1 fully saturated rings. The SMILES string of the molecule is O=C(c1ccc(O)cc1)C1CCCCCC1. The Hall–Kier alpha value is -1.31. The van der Waals surface area contributed by atoms with Gasteiger partial charge in [-0.15, -0.1) is 0 Å². The molecule has 0 amide bonds. The zero-order valence-corrected chi connectivity index (χ0v) is 9.48. The Bertz CT molecular complexity index is 346. The summed E-state index contributed by atoms with van der Waals surface area (Å²) >= 11 is 0. The highest BCUT2D eigenvalue weighted by Gasteiger charge is 2.21. The van der Waals surface area contributed by atoms with E-state index in [1.807, 2.05) is 0 Å². The first-order chi connectivity index (χ1) is 7.77. The maximum Gasteiger partial charge on any atom is 0.165 e. The fourth-order valence-electron chi connectivity index (χ4n) is 2.40. The highest BCUT2D eigenvalue weighted by atomic mass is 16.3. The van der Waals surface area contributed by atoms with E-state index in [9.17, 15) is 9.90 Å². The number of Topliss-reactive ketones (excluding diaryl/α,β-unsaturated/α-hetero) is 1. The molecule has 0 spiro atoms. The van der Waals surface area contributed by atoms with Gasteiger partial charge in [0.25, 0.3) is 0 Å². The molecule has 0 aliphatic heterocycles. The number of hydrogen-bond acceptors (Lipinski definition) is 2. The Labute approximate surface area is 96.3 Å². The van der Waals surface area contributed by atoms with Crippen molar-refractivity contribution < 1.29 is 9.90 Å². The Morgan fingerprint density at radius 2 is 1.56 bits per heavy atom. The molecule has 0 heterocycles. The van der Waals surface area contributed by atoms with E-state index >= 15 is 0 Å². The molecule has 86 valence electrons. The van der Waals surface area contributed by atoms with Crippen molar-refractivity contribution in [2.45, 2.75) is 38.5 Å². The molecule has 1 aromatic carbocycles. The van der Waals surface area contributed by atoms with Gasteiger partial charge < -0.3 is 5.11 Å². The zero-order valence-electron chi connectivity index (χ0n) is 9.48. The number of benzene rings is 1. The number of phenols is 1. The predicted molar refractivity (Wildman–Crippen MR) is 63.6 cm³/mol. The van der Waals surface area contributed by atoms with Crippen LogP contribution in [0.25, 0.3) is 0 Å². The number of hydrogen-bond donors (Lipinski definition) is 1. The van der Waals surface area contributed by atoms with E-state index in [1.54, 1.807) is 24.3 Å². The summed E-state index contributed by atoms with van der Waals surface area (Å²) in [7, 11) is 0. The first-order valence-corrected chi connectivity index (χ1v) is 6.10. The monoisotopic (exact) mass is 218 g/mol. The minimum Gasteiger partial charge on any atom is -0.508 e. The van der Waals surface area contributed by atoms with E-state index in [0.717, 1.165) is 18.4 Å². The lowest BCUT2D eigenvalue weighted by Gasteiger charge is -2.12. The molecule has 2 rings (SSSR count). The van der Waals surface area contributed by atoms with Crippen LogP contribution in [0.4, 0.5) is 0 Å². The summed E-state index contributed by atoms with van der Waals surface area (Å²) in [4.78, 5) is 12.2. The van der Waals surface area contributed by atoms with Crippen molar-refractivity contribution in [3.05, 3.63) is 29.8 Å². The molecular formula is C14H18O2. The standard InChI is InChI=1S/C14H18O2/c15-13-9-7-12(8-10-13)14(16)11-5-3-1-2-4-6-11/h7-11,15H,1-6H2. The highest BCUT2D eigenvalue weighted by molar-refractivity contribution is 5.97. The van der Waals surface area contributed by atoms with Crippen LogP contribution in [0.5, 0.6) is 5.75 Å². The van der Waals surface area contributed by atoms with Crippen LogP contribution in [0.3, 0.4) is 0 Å². The van der Waals surface area contributed by atoms with Crippen LogP contribution < -0.4 is 0 Å². The molecule has 0 radical (unpaired) electrons. The molecule has 1 aliphatic carbocycles. The Kier molecular flexibility index (Phi) is 3.60. The lowest BCUT2D eigenvalue weighted by atomic mass is 9.91. The maximum atomic E-state index is 12.2. The van der Waals surface area contributed by atoms with Crippen molar-refractivity contribution in [3.8, 4) is 5.75 Å². The summed E-state index contributed by atoms with van der Waals surface area (Å²) in [6.07, 6.45) is 6.93. The molecule has 0 atom stereocenters. The van der Waals surface area contributed by atoms with E-state index in [1.165, 1.54) is 25.7 Å². The summed E-state index contributed by atoms with van der Waals surface area (Å²) < 4.78 is 0. The molecule has 2 heteroatoms. The van der Waals surface area contributed by atoms with Gasteiger partial charge in [0.2, 0.25) is 0 Å². The lowest BCUT2D eigenvalue weighted by Crippen LogP contribution is -2.13. The van der Waals surface area contributed by atoms with Crippen LogP contribution in [0.1, 0.15) is 48.9 Å². The van der Waals surface area contributed by atoms with Gasteiger partial charge >= 0.3 is 0 Å². The summed E-state index contributed by atoms with van der Waals surface area (Å²) in [5, 5.41) is 9.18. The van der Waals surface area contributed by atoms with Crippen molar-refractivity contribution >= 4 is 5.78 Å². The maximum absolute atomic E-state index is 12.2. The minimum absolute atomic E-state index is 0.201. The second-order valence-corrected chi connectivity index (χ2v) is 4.60. The number of carbonyl (C=O) groups excluding carboxylic acids is 1.